The zero-order valence-electron chi connectivity index (χ0n) is 12.8. The molecule has 1 heterocycles. The van der Waals surface area contributed by atoms with E-state index in [-0.39, 0.29) is 11.4 Å². The first-order valence-corrected chi connectivity index (χ1v) is 6.72. The van der Waals surface area contributed by atoms with Crippen LogP contribution in [-0.2, 0) is 4.74 Å². The van der Waals surface area contributed by atoms with Crippen LogP contribution in [0.1, 0.15) is 10.5 Å². The second-order valence-electron chi connectivity index (χ2n) is 5.04. The third-order valence-corrected chi connectivity index (χ3v) is 3.07. The number of rotatable bonds is 5. The Balaban J connectivity index is 2.23. The second-order valence-corrected chi connectivity index (χ2v) is 5.04. The van der Waals surface area contributed by atoms with Crippen LogP contribution in [0.2, 0.25) is 5.11 Å². The molecule has 0 aliphatic carbocycles. The molecule has 0 saturated carbocycles. The van der Waals surface area contributed by atoms with E-state index in [1.165, 1.54) is 31.6 Å². The highest BCUT2D eigenvalue weighted by atomic mass is 16.6. The first kappa shape index (κ1) is 18.1. The maximum atomic E-state index is 11.5. The summed E-state index contributed by atoms with van der Waals surface area (Å²) in [7, 11) is 22.7. The molecule has 0 saturated heterocycles. The van der Waals surface area contributed by atoms with Gasteiger partial charge in [0.1, 0.15) is 11.4 Å². The number of aliphatic hydroxyl groups is 1. The molecule has 2 rings (SSSR count). The molecule has 0 aliphatic heterocycles. The summed E-state index contributed by atoms with van der Waals surface area (Å²) in [6, 6.07) is 6.21. The third-order valence-electron chi connectivity index (χ3n) is 3.07. The monoisotopic (exact) mass is 314 g/mol. The minimum Gasteiger partial charge on any atom is -0.474 e. The van der Waals surface area contributed by atoms with E-state index in [4.69, 9.17) is 36.1 Å². The van der Waals surface area contributed by atoms with Crippen LogP contribution < -0.4 is 4.74 Å². The summed E-state index contributed by atoms with van der Waals surface area (Å²) in [6.07, 6.45) is 2.77. The minimum absolute atomic E-state index is 0.0749. The number of esters is 1. The lowest BCUT2D eigenvalue weighted by Gasteiger charge is -2.39. The molecule has 10 heteroatoms. The predicted molar refractivity (Wildman–Crippen MR) is 90.1 cm³/mol. The Bertz CT molecular complexity index is 732. The average Bonchev–Trinajstić information content (AvgIpc) is 2.53. The Labute approximate surface area is 144 Å². The van der Waals surface area contributed by atoms with Crippen molar-refractivity contribution >= 4 is 37.4 Å². The fourth-order valence-electron chi connectivity index (χ4n) is 1.67. The van der Waals surface area contributed by atoms with Gasteiger partial charge in [0, 0.05) is 5.56 Å². The lowest BCUT2D eigenvalue weighted by molar-refractivity contribution is -0.0603. The molecular formula is C14H10B4N2O4. The van der Waals surface area contributed by atoms with Crippen LogP contribution in [0.4, 0.5) is 0 Å². The van der Waals surface area contributed by atoms with Gasteiger partial charge in [0.05, 0.1) is 48.7 Å². The molecule has 112 valence electrons. The predicted octanol–water partition coefficient (Wildman–Crippen LogP) is -0.297. The molecule has 2 aromatic rings. The van der Waals surface area contributed by atoms with Crippen LogP contribution in [0, 0.1) is 0 Å². The van der Waals surface area contributed by atoms with Crippen LogP contribution in [0.3, 0.4) is 0 Å². The zero-order chi connectivity index (χ0) is 18.0. The summed E-state index contributed by atoms with van der Waals surface area (Å²) in [5.74, 6) is -0.422. The zero-order valence-corrected chi connectivity index (χ0v) is 12.8. The van der Waals surface area contributed by atoms with Gasteiger partial charge in [-0.25, -0.2) is 9.78 Å². The van der Waals surface area contributed by atoms with Crippen molar-refractivity contribution in [3.8, 4) is 17.0 Å². The van der Waals surface area contributed by atoms with Gasteiger partial charge >= 0.3 is 5.97 Å². The molecule has 1 aromatic carbocycles. The van der Waals surface area contributed by atoms with Gasteiger partial charge in [-0.1, -0.05) is 5.11 Å². The summed E-state index contributed by atoms with van der Waals surface area (Å²) in [4.78, 5) is 19.6. The maximum Gasteiger partial charge on any atom is 0.358 e. The highest BCUT2D eigenvalue weighted by Gasteiger charge is 2.35. The number of hydrogen-bond acceptors (Lipinski definition) is 6. The number of aromatic nitrogens is 2. The van der Waals surface area contributed by atoms with Gasteiger partial charge < -0.3 is 14.6 Å². The van der Waals surface area contributed by atoms with Crippen molar-refractivity contribution in [3.63, 3.8) is 0 Å². The van der Waals surface area contributed by atoms with Gasteiger partial charge in [-0.2, -0.15) is 0 Å². The van der Waals surface area contributed by atoms with Crippen LogP contribution >= 0.6 is 0 Å². The quantitative estimate of drug-likeness (QED) is 0.464. The van der Waals surface area contributed by atoms with E-state index in [2.05, 4.69) is 14.7 Å². The Kier molecular flexibility index (Phi) is 5.08. The van der Waals surface area contributed by atoms with Gasteiger partial charge in [0.15, 0.2) is 13.5 Å². The van der Waals surface area contributed by atoms with E-state index >= 15 is 0 Å². The molecular weight excluding hydrogens is 303 g/mol. The lowest BCUT2D eigenvalue weighted by atomic mass is 9.35. The van der Waals surface area contributed by atoms with Crippen LogP contribution in [0.5, 0.6) is 5.75 Å². The molecule has 6 nitrogen and oxygen atoms in total. The van der Waals surface area contributed by atoms with Gasteiger partial charge in [0.25, 0.3) is 0 Å². The SMILES string of the molecule is [B]C([B])([B])C([B])(O)Oc1ccc(-c2cncc(C(=O)OC)n2)cc1. The first-order chi connectivity index (χ1) is 11.1. The van der Waals surface area contributed by atoms with E-state index in [1.54, 1.807) is 12.1 Å². The van der Waals surface area contributed by atoms with Crippen LogP contribution in [0.15, 0.2) is 36.7 Å². The molecule has 0 aliphatic rings. The number of hydrogen-bond donors (Lipinski definition) is 1. The molecule has 1 aromatic heterocycles. The Hall–Kier alpha value is -2.21. The average molecular weight is 313 g/mol. The highest BCUT2D eigenvalue weighted by Crippen LogP contribution is 2.29. The standard InChI is InChI=1S/C14H10B4N2O4/c1-23-12(21)11-7-19-6-10(20-11)8-2-4-9(5-3-8)24-14(18,22)13(15,16)17/h2-7,22H,1H3. The van der Waals surface area contributed by atoms with Crippen molar-refractivity contribution in [3.05, 3.63) is 42.4 Å². The van der Waals surface area contributed by atoms with Gasteiger partial charge in [-0.3, -0.25) is 4.98 Å². The third kappa shape index (κ3) is 4.00. The number of methoxy groups -OCH3 is 1. The molecule has 1 N–H and O–H groups in total. The number of carbonyl (C=O) groups excluding carboxylic acids is 1. The van der Waals surface area contributed by atoms with Crippen molar-refractivity contribution in [2.24, 2.45) is 0 Å². The van der Waals surface area contributed by atoms with Crippen molar-refractivity contribution in [2.75, 3.05) is 7.11 Å². The topological polar surface area (TPSA) is 81.5 Å². The van der Waals surface area contributed by atoms with Crippen molar-refractivity contribution in [1.82, 2.24) is 9.97 Å². The van der Waals surface area contributed by atoms with Crippen LogP contribution in [0.25, 0.3) is 11.3 Å². The summed E-state index contributed by atoms with van der Waals surface area (Å²) < 4.78 is 9.68. The largest absolute Gasteiger partial charge is 0.474 e. The second kappa shape index (κ2) is 6.73. The molecule has 0 spiro atoms. The van der Waals surface area contributed by atoms with Gasteiger partial charge in [0.2, 0.25) is 0 Å². The van der Waals surface area contributed by atoms with Crippen molar-refractivity contribution in [1.29, 1.82) is 0 Å². The van der Waals surface area contributed by atoms with Crippen molar-refractivity contribution < 1.29 is 19.4 Å². The summed E-state index contributed by atoms with van der Waals surface area (Å²) >= 11 is 0. The number of ether oxygens (including phenoxy) is 2. The van der Waals surface area contributed by atoms with E-state index in [1.807, 2.05) is 0 Å². The summed E-state index contributed by atoms with van der Waals surface area (Å²) in [5, 5.41) is 7.66. The molecule has 8 radical (unpaired) electrons. The smallest absolute Gasteiger partial charge is 0.358 e. The summed E-state index contributed by atoms with van der Waals surface area (Å²) in [6.45, 7) is 0. The fraction of sp³-hybridized carbons (Fsp3) is 0.214. The first-order valence-electron chi connectivity index (χ1n) is 6.72. The van der Waals surface area contributed by atoms with E-state index in [9.17, 15) is 9.90 Å². The molecule has 1 unspecified atom stereocenters. The molecule has 0 bridgehead atoms. The van der Waals surface area contributed by atoms with E-state index in [0.29, 0.717) is 11.3 Å². The fourth-order valence-corrected chi connectivity index (χ4v) is 1.67. The normalized spacial score (nSPS) is 13.8. The van der Waals surface area contributed by atoms with Gasteiger partial charge in [-0.05, 0) is 24.3 Å². The van der Waals surface area contributed by atoms with E-state index < -0.39 is 16.8 Å². The summed E-state index contributed by atoms with van der Waals surface area (Å²) in [5.41, 5.74) is -1.32. The highest BCUT2D eigenvalue weighted by molar-refractivity contribution is 6.62. The Morgan fingerprint density at radius 1 is 1.12 bits per heavy atom. The maximum absolute atomic E-state index is 11.5. The Morgan fingerprint density at radius 3 is 2.29 bits per heavy atom. The van der Waals surface area contributed by atoms with E-state index in [0.717, 1.165) is 0 Å². The number of benzene rings is 1. The van der Waals surface area contributed by atoms with Crippen LogP contribution in [-0.4, -0.2) is 65.2 Å². The molecule has 0 fully saturated rings. The Morgan fingerprint density at radius 2 is 1.75 bits per heavy atom. The van der Waals surface area contributed by atoms with Crippen molar-refractivity contribution in [2.45, 2.75) is 10.8 Å². The molecule has 0 amide bonds. The minimum atomic E-state index is -2.47. The lowest BCUT2D eigenvalue weighted by Crippen LogP contribution is -2.50. The molecule has 24 heavy (non-hydrogen) atoms. The number of carbonyl (C=O) groups is 1. The molecule has 1 atom stereocenters. The van der Waals surface area contributed by atoms with Gasteiger partial charge in [-0.15, -0.1) is 0 Å². The number of nitrogens with zero attached hydrogens (tertiary/aromatic N) is 2.